The minimum Gasteiger partial charge on any atom is -0.391 e. The fourth-order valence-corrected chi connectivity index (χ4v) is 3.84. The molecule has 0 aliphatic carbocycles. The van der Waals surface area contributed by atoms with Gasteiger partial charge in [0.05, 0.1) is 35.1 Å². The predicted molar refractivity (Wildman–Crippen MR) is 113 cm³/mol. The topological polar surface area (TPSA) is 121 Å². The summed E-state index contributed by atoms with van der Waals surface area (Å²) in [6.07, 6.45) is 6.13. The van der Waals surface area contributed by atoms with Crippen molar-refractivity contribution in [3.63, 3.8) is 0 Å². The zero-order chi connectivity index (χ0) is 20.9. The summed E-state index contributed by atoms with van der Waals surface area (Å²) < 4.78 is 5.40. The molecule has 1 amide bonds. The molecule has 4 N–H and O–H groups in total. The Labute approximate surface area is 179 Å². The standard InChI is InChI=1S/C20H25ClN6O3/c21-15-8-25-18(27-20(29)14-7-22-10-17(14)28)5-13(15)16-9-23-11-19(26-16)24-6-12-1-3-30-4-2-12/h5,8-9,11-12,14,17,22,28H,1-4,6-7,10H2,(H,24,26)(H,25,27,29)/t14-,17-/m0/s1. The third-order valence-corrected chi connectivity index (χ3v) is 5.75. The Kier molecular flexibility index (Phi) is 6.73. The number of aliphatic hydroxyl groups is 1. The van der Waals surface area contributed by atoms with E-state index in [1.165, 1.54) is 6.20 Å². The quantitative estimate of drug-likeness (QED) is 0.542. The first-order valence-electron chi connectivity index (χ1n) is 10.1. The van der Waals surface area contributed by atoms with Crippen molar-refractivity contribution < 1.29 is 14.6 Å². The number of ether oxygens (including phenoxy) is 1. The van der Waals surface area contributed by atoms with Gasteiger partial charge in [-0.3, -0.25) is 9.78 Å². The molecule has 4 rings (SSSR count). The zero-order valence-electron chi connectivity index (χ0n) is 16.5. The molecule has 2 aromatic rings. The number of hydrogen-bond donors (Lipinski definition) is 4. The highest BCUT2D eigenvalue weighted by Crippen LogP contribution is 2.28. The number of carbonyl (C=O) groups is 1. The second kappa shape index (κ2) is 9.65. The summed E-state index contributed by atoms with van der Waals surface area (Å²) in [7, 11) is 0. The number of aliphatic hydroxyl groups excluding tert-OH is 1. The Bertz CT molecular complexity index is 893. The van der Waals surface area contributed by atoms with E-state index in [1.807, 2.05) is 0 Å². The first kappa shape index (κ1) is 20.9. The highest BCUT2D eigenvalue weighted by atomic mass is 35.5. The fourth-order valence-electron chi connectivity index (χ4n) is 3.64. The molecule has 2 aliphatic rings. The first-order chi connectivity index (χ1) is 14.6. The summed E-state index contributed by atoms with van der Waals surface area (Å²) in [5.74, 6) is 0.768. The minimum absolute atomic E-state index is 0.286. The summed E-state index contributed by atoms with van der Waals surface area (Å²) in [6.45, 7) is 3.24. The molecule has 2 saturated heterocycles. The Balaban J connectivity index is 1.46. The van der Waals surface area contributed by atoms with E-state index in [2.05, 4.69) is 30.9 Å². The Morgan fingerprint density at radius 2 is 2.07 bits per heavy atom. The van der Waals surface area contributed by atoms with Gasteiger partial charge in [-0.05, 0) is 24.8 Å². The molecule has 9 nitrogen and oxygen atoms in total. The molecule has 0 saturated carbocycles. The SMILES string of the molecule is O=C(Nc1cc(-c2cncc(NCC3CCOCC3)n2)c(Cl)cn1)[C@H]1CNC[C@@H]1O. The number of β-amino-alcohol motifs (C(OH)–C–C–N with tert-alkyl or cyclic N) is 1. The Hall–Kier alpha value is -2.33. The van der Waals surface area contributed by atoms with E-state index < -0.39 is 12.0 Å². The predicted octanol–water partition coefficient (Wildman–Crippen LogP) is 1.55. The smallest absolute Gasteiger partial charge is 0.232 e. The minimum atomic E-state index is -0.707. The van der Waals surface area contributed by atoms with Crippen LogP contribution in [0.25, 0.3) is 11.3 Å². The lowest BCUT2D eigenvalue weighted by atomic mass is 10.0. The summed E-state index contributed by atoms with van der Waals surface area (Å²) in [6, 6.07) is 1.67. The molecule has 2 aliphatic heterocycles. The van der Waals surface area contributed by atoms with Gasteiger partial charge in [0.25, 0.3) is 0 Å². The van der Waals surface area contributed by atoms with Gasteiger partial charge in [-0.15, -0.1) is 0 Å². The van der Waals surface area contributed by atoms with Crippen molar-refractivity contribution in [3.05, 3.63) is 29.7 Å². The van der Waals surface area contributed by atoms with Crippen molar-refractivity contribution in [1.29, 1.82) is 0 Å². The average molecular weight is 433 g/mol. The molecule has 2 aromatic heterocycles. The average Bonchev–Trinajstić information content (AvgIpc) is 3.20. The number of pyridine rings is 1. The monoisotopic (exact) mass is 432 g/mol. The molecule has 0 unspecified atom stereocenters. The second-order valence-corrected chi connectivity index (χ2v) is 8.00. The normalized spacial score (nSPS) is 22.1. The molecular formula is C20H25ClN6O3. The molecule has 0 radical (unpaired) electrons. The first-order valence-corrected chi connectivity index (χ1v) is 10.5. The number of nitrogens with zero attached hydrogens (tertiary/aromatic N) is 3. The highest BCUT2D eigenvalue weighted by molar-refractivity contribution is 6.33. The maximum absolute atomic E-state index is 12.4. The Morgan fingerprint density at radius 3 is 2.83 bits per heavy atom. The molecule has 2 atom stereocenters. The van der Waals surface area contributed by atoms with Crippen LogP contribution in [0.3, 0.4) is 0 Å². The maximum Gasteiger partial charge on any atom is 0.232 e. The molecule has 30 heavy (non-hydrogen) atoms. The van der Waals surface area contributed by atoms with Gasteiger partial charge in [0.15, 0.2) is 0 Å². The number of anilines is 2. The Morgan fingerprint density at radius 1 is 1.23 bits per heavy atom. The van der Waals surface area contributed by atoms with Gasteiger partial charge >= 0.3 is 0 Å². The molecule has 160 valence electrons. The van der Waals surface area contributed by atoms with Crippen LogP contribution in [0.5, 0.6) is 0 Å². The summed E-state index contributed by atoms with van der Waals surface area (Å²) >= 11 is 6.34. The lowest BCUT2D eigenvalue weighted by molar-refractivity contribution is -0.121. The largest absolute Gasteiger partial charge is 0.391 e. The number of rotatable bonds is 6. The lowest BCUT2D eigenvalue weighted by Crippen LogP contribution is -2.31. The number of halogens is 1. The van der Waals surface area contributed by atoms with Crippen LogP contribution in [-0.2, 0) is 9.53 Å². The van der Waals surface area contributed by atoms with E-state index >= 15 is 0 Å². The number of aromatic nitrogens is 3. The molecule has 2 fully saturated rings. The summed E-state index contributed by atoms with van der Waals surface area (Å²) in [4.78, 5) is 25.5. The van der Waals surface area contributed by atoms with Crippen molar-refractivity contribution in [3.8, 4) is 11.3 Å². The number of hydrogen-bond acceptors (Lipinski definition) is 8. The zero-order valence-corrected chi connectivity index (χ0v) is 17.2. The molecule has 4 heterocycles. The summed E-state index contributed by atoms with van der Waals surface area (Å²) in [5, 5.41) is 19.4. The molecular weight excluding hydrogens is 408 g/mol. The van der Waals surface area contributed by atoms with E-state index in [-0.39, 0.29) is 5.91 Å². The van der Waals surface area contributed by atoms with Crippen LogP contribution in [0.2, 0.25) is 5.02 Å². The van der Waals surface area contributed by atoms with E-state index in [1.54, 1.807) is 18.5 Å². The van der Waals surface area contributed by atoms with Crippen LogP contribution < -0.4 is 16.0 Å². The molecule has 0 bridgehead atoms. The van der Waals surface area contributed by atoms with E-state index in [0.717, 1.165) is 32.6 Å². The number of carbonyl (C=O) groups excluding carboxylic acids is 1. The summed E-state index contributed by atoms with van der Waals surface area (Å²) in [5.41, 5.74) is 1.20. The van der Waals surface area contributed by atoms with Gasteiger partial charge in [-0.2, -0.15) is 0 Å². The van der Waals surface area contributed by atoms with Crippen LogP contribution in [-0.4, -0.2) is 64.9 Å². The van der Waals surface area contributed by atoms with Gasteiger partial charge in [0.1, 0.15) is 11.6 Å². The van der Waals surface area contributed by atoms with Crippen molar-refractivity contribution in [2.24, 2.45) is 11.8 Å². The van der Waals surface area contributed by atoms with Crippen LogP contribution in [0, 0.1) is 11.8 Å². The molecule has 10 heteroatoms. The van der Waals surface area contributed by atoms with Crippen molar-refractivity contribution in [2.75, 3.05) is 43.5 Å². The molecule has 0 aromatic carbocycles. The van der Waals surface area contributed by atoms with Crippen LogP contribution in [0.1, 0.15) is 12.8 Å². The third-order valence-electron chi connectivity index (χ3n) is 5.45. The van der Waals surface area contributed by atoms with Gasteiger partial charge in [0, 0.05) is 44.6 Å². The van der Waals surface area contributed by atoms with E-state index in [0.29, 0.717) is 46.9 Å². The van der Waals surface area contributed by atoms with Gasteiger partial charge < -0.3 is 25.8 Å². The van der Waals surface area contributed by atoms with Gasteiger partial charge in [-0.1, -0.05) is 11.6 Å². The van der Waals surface area contributed by atoms with Crippen LogP contribution in [0.4, 0.5) is 11.6 Å². The van der Waals surface area contributed by atoms with E-state index in [4.69, 9.17) is 16.3 Å². The van der Waals surface area contributed by atoms with Crippen LogP contribution in [0.15, 0.2) is 24.7 Å². The van der Waals surface area contributed by atoms with Crippen molar-refractivity contribution >= 4 is 29.1 Å². The number of amides is 1. The number of nitrogens with one attached hydrogen (secondary N) is 3. The van der Waals surface area contributed by atoms with Crippen molar-refractivity contribution in [1.82, 2.24) is 20.3 Å². The fraction of sp³-hybridized carbons (Fsp3) is 0.500. The second-order valence-electron chi connectivity index (χ2n) is 7.60. The maximum atomic E-state index is 12.4. The highest BCUT2D eigenvalue weighted by Gasteiger charge is 2.31. The van der Waals surface area contributed by atoms with Gasteiger partial charge in [0.2, 0.25) is 5.91 Å². The van der Waals surface area contributed by atoms with Crippen LogP contribution >= 0.6 is 11.6 Å². The van der Waals surface area contributed by atoms with Gasteiger partial charge in [-0.25, -0.2) is 9.97 Å². The van der Waals surface area contributed by atoms with Crippen molar-refractivity contribution in [2.45, 2.75) is 18.9 Å². The lowest BCUT2D eigenvalue weighted by Gasteiger charge is -2.22. The molecule has 0 spiro atoms. The van der Waals surface area contributed by atoms with E-state index in [9.17, 15) is 9.90 Å². The third kappa shape index (κ3) is 5.04.